The van der Waals surface area contributed by atoms with Crippen molar-refractivity contribution in [3.63, 3.8) is 0 Å². The van der Waals surface area contributed by atoms with E-state index in [1.165, 1.54) is 23.2 Å². The number of carbonyl (C=O) groups excluding carboxylic acids is 3. The standard InChI is InChI=1S/C10H14N4O4/c1-5(9(16)18-3)14-4-11-7-6(14)8(15)12-10(17)13(7)2/h4-7H,1-3H3,(H,12,15,17)/t5-,6?,7?/m0/s1. The smallest absolute Gasteiger partial charge is 0.328 e. The molecule has 2 unspecified atom stereocenters. The van der Waals surface area contributed by atoms with Crippen LogP contribution in [0.2, 0.25) is 0 Å². The third kappa shape index (κ3) is 1.69. The van der Waals surface area contributed by atoms with Gasteiger partial charge in [-0.3, -0.25) is 10.1 Å². The zero-order valence-corrected chi connectivity index (χ0v) is 10.3. The van der Waals surface area contributed by atoms with E-state index in [0.717, 1.165) is 0 Å². The molecular weight excluding hydrogens is 240 g/mol. The van der Waals surface area contributed by atoms with E-state index in [4.69, 9.17) is 0 Å². The summed E-state index contributed by atoms with van der Waals surface area (Å²) in [6.45, 7) is 1.62. The van der Waals surface area contributed by atoms with Gasteiger partial charge in [0.15, 0.2) is 12.2 Å². The summed E-state index contributed by atoms with van der Waals surface area (Å²) in [4.78, 5) is 41.7. The lowest BCUT2D eigenvalue weighted by molar-refractivity contribution is -0.146. The van der Waals surface area contributed by atoms with E-state index in [9.17, 15) is 14.4 Å². The minimum absolute atomic E-state index is 0.462. The van der Waals surface area contributed by atoms with Crippen molar-refractivity contribution in [2.45, 2.75) is 25.2 Å². The lowest BCUT2D eigenvalue weighted by atomic mass is 10.1. The molecule has 2 aliphatic rings. The van der Waals surface area contributed by atoms with Crippen LogP contribution in [0.25, 0.3) is 0 Å². The molecule has 1 saturated heterocycles. The second kappa shape index (κ2) is 4.28. The maximum Gasteiger partial charge on any atom is 0.328 e. The van der Waals surface area contributed by atoms with Crippen LogP contribution >= 0.6 is 0 Å². The highest BCUT2D eigenvalue weighted by molar-refractivity contribution is 6.02. The molecule has 0 aromatic carbocycles. The summed E-state index contributed by atoms with van der Waals surface area (Å²) in [7, 11) is 2.82. The number of carbonyl (C=O) groups is 3. The molecule has 2 heterocycles. The maximum atomic E-state index is 11.8. The van der Waals surface area contributed by atoms with Gasteiger partial charge in [-0.15, -0.1) is 0 Å². The van der Waals surface area contributed by atoms with Crippen LogP contribution in [0, 0.1) is 0 Å². The van der Waals surface area contributed by atoms with Gasteiger partial charge in [0.1, 0.15) is 6.04 Å². The molecule has 8 heteroatoms. The van der Waals surface area contributed by atoms with Crippen LogP contribution in [0.1, 0.15) is 6.92 Å². The highest BCUT2D eigenvalue weighted by Crippen LogP contribution is 2.22. The molecule has 0 aliphatic carbocycles. The molecule has 0 bridgehead atoms. The van der Waals surface area contributed by atoms with E-state index in [0.29, 0.717) is 0 Å². The summed E-state index contributed by atoms with van der Waals surface area (Å²) in [6, 6.07) is -1.83. The molecule has 8 nitrogen and oxygen atoms in total. The van der Waals surface area contributed by atoms with Crippen LogP contribution in [0.3, 0.4) is 0 Å². The Balaban J connectivity index is 2.23. The van der Waals surface area contributed by atoms with Crippen molar-refractivity contribution in [2.75, 3.05) is 14.2 Å². The molecule has 1 fully saturated rings. The third-order valence-electron chi connectivity index (χ3n) is 3.16. The Bertz CT molecular complexity index is 436. The van der Waals surface area contributed by atoms with Crippen molar-refractivity contribution >= 4 is 24.2 Å². The quantitative estimate of drug-likeness (QED) is 0.623. The molecule has 98 valence electrons. The number of nitrogens with zero attached hydrogens (tertiary/aromatic N) is 3. The Kier molecular flexibility index (Phi) is 2.93. The van der Waals surface area contributed by atoms with Crippen LogP contribution < -0.4 is 5.32 Å². The first-order valence-electron chi connectivity index (χ1n) is 5.43. The second-order valence-electron chi connectivity index (χ2n) is 4.17. The number of aliphatic imine (C=N–C) groups is 1. The summed E-state index contributed by atoms with van der Waals surface area (Å²) >= 11 is 0. The number of hydrogen-bond donors (Lipinski definition) is 1. The number of rotatable bonds is 2. The highest BCUT2D eigenvalue weighted by Gasteiger charge is 2.47. The van der Waals surface area contributed by atoms with Crippen molar-refractivity contribution < 1.29 is 19.1 Å². The van der Waals surface area contributed by atoms with Crippen molar-refractivity contribution in [3.05, 3.63) is 0 Å². The Hall–Kier alpha value is -2.12. The van der Waals surface area contributed by atoms with Gasteiger partial charge in [0, 0.05) is 7.05 Å². The first-order chi connectivity index (χ1) is 8.47. The average molecular weight is 254 g/mol. The van der Waals surface area contributed by atoms with E-state index in [1.54, 1.807) is 14.0 Å². The molecule has 3 atom stereocenters. The first kappa shape index (κ1) is 12.3. The largest absolute Gasteiger partial charge is 0.467 e. The molecule has 0 spiro atoms. The number of esters is 1. The van der Waals surface area contributed by atoms with E-state index < -0.39 is 36.2 Å². The summed E-state index contributed by atoms with van der Waals surface area (Å²) in [5.74, 6) is -0.925. The summed E-state index contributed by atoms with van der Waals surface area (Å²) in [5, 5.41) is 2.22. The Morgan fingerprint density at radius 1 is 1.56 bits per heavy atom. The molecule has 2 aliphatic heterocycles. The van der Waals surface area contributed by atoms with Gasteiger partial charge in [-0.05, 0) is 6.92 Å². The van der Waals surface area contributed by atoms with Gasteiger partial charge >= 0.3 is 12.0 Å². The van der Waals surface area contributed by atoms with Gasteiger partial charge in [0.25, 0.3) is 5.91 Å². The van der Waals surface area contributed by atoms with Crippen LogP contribution in [-0.2, 0) is 14.3 Å². The fraction of sp³-hybridized carbons (Fsp3) is 0.600. The fourth-order valence-electron chi connectivity index (χ4n) is 2.06. The van der Waals surface area contributed by atoms with Crippen LogP contribution in [0.5, 0.6) is 0 Å². The number of hydrogen-bond acceptors (Lipinski definition) is 6. The number of amides is 3. The number of fused-ring (bicyclic) bond motifs is 1. The van der Waals surface area contributed by atoms with Gasteiger partial charge in [0.05, 0.1) is 13.4 Å². The average Bonchev–Trinajstić information content (AvgIpc) is 2.79. The molecule has 0 aromatic heterocycles. The van der Waals surface area contributed by atoms with Crippen molar-refractivity contribution in [1.29, 1.82) is 0 Å². The lowest BCUT2D eigenvalue weighted by Crippen LogP contribution is -2.64. The molecule has 0 aromatic rings. The Labute approximate surface area is 104 Å². The van der Waals surface area contributed by atoms with E-state index in [2.05, 4.69) is 15.0 Å². The molecular formula is C10H14N4O4. The minimum Gasteiger partial charge on any atom is -0.467 e. The van der Waals surface area contributed by atoms with Crippen LogP contribution in [0.4, 0.5) is 4.79 Å². The molecule has 0 saturated carbocycles. The monoisotopic (exact) mass is 254 g/mol. The Morgan fingerprint density at radius 3 is 2.83 bits per heavy atom. The van der Waals surface area contributed by atoms with E-state index >= 15 is 0 Å². The van der Waals surface area contributed by atoms with Crippen LogP contribution in [-0.4, -0.2) is 66.5 Å². The SMILES string of the molecule is COC(=O)[C@H](C)N1C=NC2C1C(=O)NC(=O)N2C. The summed E-state index contributed by atoms with van der Waals surface area (Å²) < 4.78 is 4.63. The summed E-state index contributed by atoms with van der Waals surface area (Å²) in [6.07, 6.45) is 0.810. The van der Waals surface area contributed by atoms with Crippen molar-refractivity contribution in [2.24, 2.45) is 4.99 Å². The van der Waals surface area contributed by atoms with E-state index in [-0.39, 0.29) is 0 Å². The van der Waals surface area contributed by atoms with Gasteiger partial charge in [-0.1, -0.05) is 0 Å². The van der Waals surface area contributed by atoms with Gasteiger partial charge in [-0.2, -0.15) is 0 Å². The maximum absolute atomic E-state index is 11.8. The predicted molar refractivity (Wildman–Crippen MR) is 60.7 cm³/mol. The topological polar surface area (TPSA) is 91.3 Å². The lowest BCUT2D eigenvalue weighted by Gasteiger charge is -2.37. The molecule has 2 rings (SSSR count). The molecule has 1 N–H and O–H groups in total. The fourth-order valence-corrected chi connectivity index (χ4v) is 2.06. The molecule has 3 amide bonds. The van der Waals surface area contributed by atoms with Gasteiger partial charge in [-0.25, -0.2) is 14.6 Å². The van der Waals surface area contributed by atoms with Crippen molar-refractivity contribution in [1.82, 2.24) is 15.1 Å². The second-order valence-corrected chi connectivity index (χ2v) is 4.17. The number of ether oxygens (including phenoxy) is 1. The summed E-state index contributed by atoms with van der Waals surface area (Å²) in [5.41, 5.74) is 0. The normalized spacial score (nSPS) is 27.9. The number of nitrogens with one attached hydrogen (secondary N) is 1. The molecule has 18 heavy (non-hydrogen) atoms. The first-order valence-corrected chi connectivity index (χ1v) is 5.43. The number of urea groups is 1. The van der Waals surface area contributed by atoms with Crippen molar-refractivity contribution in [3.8, 4) is 0 Å². The molecule has 0 radical (unpaired) electrons. The minimum atomic E-state index is -0.693. The predicted octanol–water partition coefficient (Wildman–Crippen LogP) is -1.23. The number of methoxy groups -OCH3 is 1. The Morgan fingerprint density at radius 2 is 2.22 bits per heavy atom. The zero-order chi connectivity index (χ0) is 13.4. The number of imide groups is 1. The highest BCUT2D eigenvalue weighted by atomic mass is 16.5. The third-order valence-corrected chi connectivity index (χ3v) is 3.16. The van der Waals surface area contributed by atoms with Gasteiger partial charge < -0.3 is 14.5 Å². The number of likely N-dealkylation sites (N-methyl/N-ethyl adjacent to an activating group) is 1. The van der Waals surface area contributed by atoms with Gasteiger partial charge in [0.2, 0.25) is 0 Å². The van der Waals surface area contributed by atoms with Crippen LogP contribution in [0.15, 0.2) is 4.99 Å². The zero-order valence-electron chi connectivity index (χ0n) is 10.3. The van der Waals surface area contributed by atoms with E-state index in [1.807, 2.05) is 0 Å².